The van der Waals surface area contributed by atoms with Gasteiger partial charge >= 0.3 is 5.97 Å². The van der Waals surface area contributed by atoms with Crippen LogP contribution in [-0.2, 0) is 29.8 Å². The van der Waals surface area contributed by atoms with Gasteiger partial charge in [-0.05, 0) is 73.1 Å². The van der Waals surface area contributed by atoms with Crippen molar-refractivity contribution in [2.75, 3.05) is 0 Å². The number of hydrogen-bond acceptors (Lipinski definition) is 3. The molecule has 3 aromatic carbocycles. The SMILES string of the molecule is CC(C)n1ccc2c(-c3ccc(C4(C)CCC4)c(CN)c3F)cc(COc3ccccc3CC(=O)O)cc21. The Morgan fingerprint density at radius 3 is 2.55 bits per heavy atom. The minimum Gasteiger partial charge on any atom is -0.489 e. The number of rotatable bonds is 9. The van der Waals surface area contributed by atoms with Gasteiger partial charge in [-0.3, -0.25) is 4.79 Å². The van der Waals surface area contributed by atoms with E-state index in [2.05, 4.69) is 37.5 Å². The average molecular weight is 515 g/mol. The smallest absolute Gasteiger partial charge is 0.307 e. The fourth-order valence-corrected chi connectivity index (χ4v) is 5.76. The monoisotopic (exact) mass is 514 g/mol. The third kappa shape index (κ3) is 4.69. The summed E-state index contributed by atoms with van der Waals surface area (Å²) in [7, 11) is 0. The Hall–Kier alpha value is -3.64. The third-order valence-electron chi connectivity index (χ3n) is 8.01. The second-order valence-electron chi connectivity index (χ2n) is 10.9. The molecule has 0 bridgehead atoms. The number of nitrogens with two attached hydrogens (primary N) is 1. The second-order valence-corrected chi connectivity index (χ2v) is 10.9. The van der Waals surface area contributed by atoms with Crippen LogP contribution in [0.1, 0.15) is 68.3 Å². The molecule has 1 aromatic heterocycles. The molecule has 0 radical (unpaired) electrons. The molecule has 4 aromatic rings. The summed E-state index contributed by atoms with van der Waals surface area (Å²) < 4.78 is 24.5. The molecule has 1 aliphatic rings. The van der Waals surface area contributed by atoms with E-state index < -0.39 is 5.97 Å². The lowest BCUT2D eigenvalue weighted by Gasteiger charge is -2.40. The molecule has 1 aliphatic carbocycles. The predicted molar refractivity (Wildman–Crippen MR) is 149 cm³/mol. The highest BCUT2D eigenvalue weighted by atomic mass is 19.1. The van der Waals surface area contributed by atoms with Gasteiger partial charge in [0.2, 0.25) is 0 Å². The zero-order chi connectivity index (χ0) is 27.0. The molecule has 0 saturated heterocycles. The summed E-state index contributed by atoms with van der Waals surface area (Å²) in [5.74, 6) is -0.628. The number of aliphatic carboxylic acids is 1. The molecule has 1 saturated carbocycles. The van der Waals surface area contributed by atoms with Crippen LogP contribution in [0.15, 0.2) is 60.8 Å². The first-order valence-corrected chi connectivity index (χ1v) is 13.3. The molecule has 0 unspecified atom stereocenters. The van der Waals surface area contributed by atoms with Crippen molar-refractivity contribution >= 4 is 16.9 Å². The van der Waals surface area contributed by atoms with Crippen molar-refractivity contribution in [3.63, 3.8) is 0 Å². The molecule has 3 N–H and O–H groups in total. The fraction of sp³-hybridized carbons (Fsp3) is 0.344. The number of carbonyl (C=O) groups is 1. The maximum atomic E-state index is 16.2. The maximum Gasteiger partial charge on any atom is 0.307 e. The highest BCUT2D eigenvalue weighted by Gasteiger charge is 2.36. The Balaban J connectivity index is 1.59. The standard InChI is InChI=1S/C32H35FN2O3/c1-20(2)35-14-11-23-25(24-9-10-27(26(18-34)31(24)33)32(3)12-6-13-32)15-21(16-28(23)35)19-38-29-8-5-4-7-22(29)17-30(36)37/h4-5,7-11,14-16,20H,6,12-13,17-19,34H2,1-3H3,(H,36,37). The van der Waals surface area contributed by atoms with Gasteiger partial charge < -0.3 is 20.1 Å². The van der Waals surface area contributed by atoms with E-state index in [9.17, 15) is 9.90 Å². The van der Waals surface area contributed by atoms with Crippen LogP contribution in [0.5, 0.6) is 5.75 Å². The number of hydrogen-bond donors (Lipinski definition) is 2. The zero-order valence-corrected chi connectivity index (χ0v) is 22.3. The van der Waals surface area contributed by atoms with Gasteiger partial charge in [0.15, 0.2) is 0 Å². The Labute approximate surface area is 223 Å². The summed E-state index contributed by atoms with van der Waals surface area (Å²) in [6.45, 7) is 6.82. The van der Waals surface area contributed by atoms with Crippen LogP contribution in [0.25, 0.3) is 22.0 Å². The number of aromatic nitrogens is 1. The first kappa shape index (κ1) is 26.0. The molecule has 0 aliphatic heterocycles. The van der Waals surface area contributed by atoms with E-state index in [0.29, 0.717) is 22.4 Å². The van der Waals surface area contributed by atoms with E-state index in [1.54, 1.807) is 18.2 Å². The lowest BCUT2D eigenvalue weighted by Crippen LogP contribution is -2.32. The van der Waals surface area contributed by atoms with Crippen LogP contribution in [0.4, 0.5) is 4.39 Å². The first-order valence-electron chi connectivity index (χ1n) is 13.3. The maximum absolute atomic E-state index is 16.2. The lowest BCUT2D eigenvalue weighted by molar-refractivity contribution is -0.136. The van der Waals surface area contributed by atoms with Gasteiger partial charge in [-0.25, -0.2) is 4.39 Å². The summed E-state index contributed by atoms with van der Waals surface area (Å²) in [6, 6.07) is 17.5. The molecule has 6 heteroatoms. The van der Waals surface area contributed by atoms with Gasteiger partial charge in [0.05, 0.1) is 6.42 Å². The normalized spacial score (nSPS) is 14.6. The van der Waals surface area contributed by atoms with Crippen molar-refractivity contribution in [3.05, 3.63) is 88.9 Å². The van der Waals surface area contributed by atoms with Crippen LogP contribution < -0.4 is 10.5 Å². The van der Waals surface area contributed by atoms with E-state index in [0.717, 1.165) is 46.9 Å². The number of ether oxygens (including phenoxy) is 1. The Morgan fingerprint density at radius 1 is 1.13 bits per heavy atom. The summed E-state index contributed by atoms with van der Waals surface area (Å²) in [5.41, 5.74) is 11.6. The van der Waals surface area contributed by atoms with Gasteiger partial charge in [-0.1, -0.05) is 43.7 Å². The molecular weight excluding hydrogens is 479 g/mol. The first-order chi connectivity index (χ1) is 18.2. The second kappa shape index (κ2) is 10.3. The molecule has 5 rings (SSSR count). The summed E-state index contributed by atoms with van der Waals surface area (Å²) in [5, 5.41) is 10.2. The van der Waals surface area contributed by atoms with Crippen LogP contribution in [0, 0.1) is 5.82 Å². The largest absolute Gasteiger partial charge is 0.489 e. The molecule has 1 fully saturated rings. The number of carboxylic acids is 1. The number of para-hydroxylation sites is 1. The van der Waals surface area contributed by atoms with Crippen molar-refractivity contribution < 1.29 is 19.0 Å². The van der Waals surface area contributed by atoms with Crippen molar-refractivity contribution in [2.45, 2.75) is 71.1 Å². The molecule has 38 heavy (non-hydrogen) atoms. The molecule has 0 spiro atoms. The molecule has 0 atom stereocenters. The van der Waals surface area contributed by atoms with Gasteiger partial charge in [0.1, 0.15) is 18.2 Å². The van der Waals surface area contributed by atoms with E-state index >= 15 is 4.39 Å². The molecule has 198 valence electrons. The van der Waals surface area contributed by atoms with Gasteiger partial charge in [0.25, 0.3) is 0 Å². The summed E-state index contributed by atoms with van der Waals surface area (Å²) in [4.78, 5) is 11.3. The van der Waals surface area contributed by atoms with Gasteiger partial charge in [-0.15, -0.1) is 0 Å². The van der Waals surface area contributed by atoms with E-state index in [1.165, 1.54) is 0 Å². The Bertz CT molecular complexity index is 1500. The van der Waals surface area contributed by atoms with E-state index in [4.69, 9.17) is 10.5 Å². The number of nitrogens with zero attached hydrogens (tertiary/aromatic N) is 1. The highest BCUT2D eigenvalue weighted by Crippen LogP contribution is 2.46. The minimum atomic E-state index is -0.912. The van der Waals surface area contributed by atoms with Crippen molar-refractivity contribution in [1.29, 1.82) is 0 Å². The summed E-state index contributed by atoms with van der Waals surface area (Å²) in [6.07, 6.45) is 5.18. The number of benzene rings is 3. The predicted octanol–water partition coefficient (Wildman–Crippen LogP) is 7.13. The lowest BCUT2D eigenvalue weighted by atomic mass is 9.64. The van der Waals surface area contributed by atoms with Gasteiger partial charge in [-0.2, -0.15) is 0 Å². The van der Waals surface area contributed by atoms with Crippen LogP contribution >= 0.6 is 0 Å². The van der Waals surface area contributed by atoms with Crippen LogP contribution in [-0.4, -0.2) is 15.6 Å². The molecule has 0 amide bonds. The van der Waals surface area contributed by atoms with Crippen LogP contribution in [0.3, 0.4) is 0 Å². The van der Waals surface area contributed by atoms with E-state index in [-0.39, 0.29) is 36.8 Å². The van der Waals surface area contributed by atoms with Crippen molar-refractivity contribution in [3.8, 4) is 16.9 Å². The average Bonchev–Trinajstić information content (AvgIpc) is 3.30. The Morgan fingerprint density at radius 2 is 1.89 bits per heavy atom. The van der Waals surface area contributed by atoms with Crippen LogP contribution in [0.2, 0.25) is 0 Å². The topological polar surface area (TPSA) is 77.5 Å². The Kier molecular flexibility index (Phi) is 7.01. The number of halogens is 1. The fourth-order valence-electron chi connectivity index (χ4n) is 5.76. The number of fused-ring (bicyclic) bond motifs is 1. The number of carboxylic acid groups (broad SMARTS) is 1. The quantitative estimate of drug-likeness (QED) is 0.249. The molecule has 1 heterocycles. The zero-order valence-electron chi connectivity index (χ0n) is 22.3. The van der Waals surface area contributed by atoms with Gasteiger partial charge in [0, 0.05) is 46.4 Å². The molecular formula is C32H35FN2O3. The summed E-state index contributed by atoms with van der Waals surface area (Å²) >= 11 is 0. The minimum absolute atomic E-state index is 0.0105. The van der Waals surface area contributed by atoms with Crippen molar-refractivity contribution in [1.82, 2.24) is 4.57 Å². The van der Waals surface area contributed by atoms with Crippen molar-refractivity contribution in [2.24, 2.45) is 5.73 Å². The van der Waals surface area contributed by atoms with E-state index in [1.807, 2.05) is 30.5 Å². The highest BCUT2D eigenvalue weighted by molar-refractivity contribution is 5.96. The molecule has 5 nitrogen and oxygen atoms in total. The third-order valence-corrected chi connectivity index (χ3v) is 8.01.